The Morgan fingerprint density at radius 2 is 2.33 bits per heavy atom. The molecule has 2 N–H and O–H groups in total. The third kappa shape index (κ3) is 3.14. The van der Waals surface area contributed by atoms with Crippen LogP contribution in [0, 0.1) is 5.92 Å². The van der Waals surface area contributed by atoms with E-state index in [1.54, 1.807) is 0 Å². The summed E-state index contributed by atoms with van der Waals surface area (Å²) in [6, 6.07) is 0. The molecular weight excluding hydrogens is 242 g/mol. The van der Waals surface area contributed by atoms with Crippen molar-refractivity contribution in [3.63, 3.8) is 0 Å². The molecular formula is C11H15NO6. The molecule has 0 aromatic carbocycles. The van der Waals surface area contributed by atoms with Gasteiger partial charge < -0.3 is 24.7 Å². The Morgan fingerprint density at radius 3 is 2.78 bits per heavy atom. The molecule has 1 saturated heterocycles. The summed E-state index contributed by atoms with van der Waals surface area (Å²) >= 11 is 0. The van der Waals surface area contributed by atoms with Crippen LogP contribution in [-0.2, 0) is 23.9 Å². The highest BCUT2D eigenvalue weighted by Crippen LogP contribution is 2.24. The maximum Gasteiger partial charge on any atom is 0.304 e. The minimum absolute atomic E-state index is 0.0616. The molecule has 18 heavy (non-hydrogen) atoms. The first-order valence-corrected chi connectivity index (χ1v) is 5.34. The lowest BCUT2D eigenvalue weighted by molar-refractivity contribution is -0.183. The van der Waals surface area contributed by atoms with Crippen molar-refractivity contribution >= 4 is 18.2 Å². The van der Waals surface area contributed by atoms with E-state index in [1.807, 2.05) is 0 Å². The van der Waals surface area contributed by atoms with Gasteiger partial charge in [0, 0.05) is 6.92 Å². The van der Waals surface area contributed by atoms with E-state index in [9.17, 15) is 19.5 Å². The molecule has 1 fully saturated rings. The van der Waals surface area contributed by atoms with Crippen LogP contribution in [0.5, 0.6) is 0 Å². The van der Waals surface area contributed by atoms with E-state index in [0.29, 0.717) is 0 Å². The Hall–Kier alpha value is -1.73. The number of carbonyl (C=O) groups is 3. The van der Waals surface area contributed by atoms with Crippen molar-refractivity contribution in [1.82, 2.24) is 5.32 Å². The van der Waals surface area contributed by atoms with Gasteiger partial charge in [-0.25, -0.2) is 0 Å². The first-order valence-electron chi connectivity index (χ1n) is 5.34. The molecule has 1 aliphatic rings. The second-order valence-corrected chi connectivity index (χ2v) is 3.78. The molecule has 1 heterocycles. The topological polar surface area (TPSA) is 102 Å². The SMILES string of the molecule is C=CCO[C@@H](C(O)C=O)[C@H]1C(=O)N[C@@H]1OC(C)=O. The smallest absolute Gasteiger partial charge is 0.304 e. The van der Waals surface area contributed by atoms with Gasteiger partial charge in [0.15, 0.2) is 12.5 Å². The van der Waals surface area contributed by atoms with Gasteiger partial charge >= 0.3 is 5.97 Å². The minimum Gasteiger partial charge on any atom is -0.441 e. The van der Waals surface area contributed by atoms with E-state index in [2.05, 4.69) is 11.9 Å². The number of hydrogen-bond acceptors (Lipinski definition) is 6. The Bertz CT molecular complexity index is 355. The largest absolute Gasteiger partial charge is 0.441 e. The summed E-state index contributed by atoms with van der Waals surface area (Å²) in [6.45, 7) is 4.68. The van der Waals surface area contributed by atoms with Crippen molar-refractivity contribution in [2.24, 2.45) is 5.92 Å². The van der Waals surface area contributed by atoms with E-state index in [1.165, 1.54) is 13.0 Å². The monoisotopic (exact) mass is 257 g/mol. The van der Waals surface area contributed by atoms with Crippen molar-refractivity contribution in [3.05, 3.63) is 12.7 Å². The number of esters is 1. The number of rotatable bonds is 7. The zero-order chi connectivity index (χ0) is 13.7. The van der Waals surface area contributed by atoms with Gasteiger partial charge in [-0.1, -0.05) is 6.08 Å². The lowest BCUT2D eigenvalue weighted by Crippen LogP contribution is -2.66. The Labute approximate surface area is 104 Å². The zero-order valence-electron chi connectivity index (χ0n) is 9.87. The van der Waals surface area contributed by atoms with Crippen LogP contribution in [0.3, 0.4) is 0 Å². The van der Waals surface area contributed by atoms with E-state index >= 15 is 0 Å². The summed E-state index contributed by atoms with van der Waals surface area (Å²) in [6.07, 6.45) is -1.75. The molecule has 1 aliphatic heterocycles. The summed E-state index contributed by atoms with van der Waals surface area (Å²) in [5.74, 6) is -1.93. The summed E-state index contributed by atoms with van der Waals surface area (Å²) in [5.41, 5.74) is 0. The molecule has 1 unspecified atom stereocenters. The first-order chi connectivity index (χ1) is 8.51. The van der Waals surface area contributed by atoms with Gasteiger partial charge in [-0.2, -0.15) is 0 Å². The first kappa shape index (κ1) is 14.3. The standard InChI is InChI=1S/C11H15NO6/c1-3-4-17-9(7(15)5-13)8-10(16)12-11(8)18-6(2)14/h3,5,7-9,11,15H,1,4H2,2H3,(H,12,16)/t7?,8-,9-,11+/m0/s1. The van der Waals surface area contributed by atoms with Crippen molar-refractivity contribution in [3.8, 4) is 0 Å². The fourth-order valence-corrected chi connectivity index (χ4v) is 1.64. The number of nitrogens with one attached hydrogen (secondary N) is 1. The van der Waals surface area contributed by atoms with Crippen LogP contribution in [0.25, 0.3) is 0 Å². The maximum atomic E-state index is 11.4. The van der Waals surface area contributed by atoms with Gasteiger partial charge in [-0.3, -0.25) is 9.59 Å². The van der Waals surface area contributed by atoms with E-state index < -0.39 is 36.2 Å². The number of β-lactam (4-membered cyclic amide) rings is 1. The number of aliphatic hydroxyl groups is 1. The molecule has 0 radical (unpaired) electrons. The second-order valence-electron chi connectivity index (χ2n) is 3.78. The minimum atomic E-state index is -1.47. The molecule has 0 saturated carbocycles. The van der Waals surface area contributed by atoms with Crippen molar-refractivity contribution in [2.45, 2.75) is 25.4 Å². The van der Waals surface area contributed by atoms with Crippen LogP contribution in [0.1, 0.15) is 6.92 Å². The predicted octanol–water partition coefficient (Wildman–Crippen LogP) is -1.25. The fraction of sp³-hybridized carbons (Fsp3) is 0.545. The maximum absolute atomic E-state index is 11.4. The molecule has 0 spiro atoms. The molecule has 1 amide bonds. The third-order valence-corrected chi connectivity index (χ3v) is 2.44. The van der Waals surface area contributed by atoms with Gasteiger partial charge in [0.1, 0.15) is 18.1 Å². The summed E-state index contributed by atoms with van der Waals surface area (Å²) in [7, 11) is 0. The summed E-state index contributed by atoms with van der Waals surface area (Å²) in [4.78, 5) is 32.8. The van der Waals surface area contributed by atoms with Crippen LogP contribution >= 0.6 is 0 Å². The number of ether oxygens (including phenoxy) is 2. The van der Waals surface area contributed by atoms with Gasteiger partial charge in [-0.05, 0) is 0 Å². The molecule has 4 atom stereocenters. The van der Waals surface area contributed by atoms with Crippen LogP contribution in [0.4, 0.5) is 0 Å². The molecule has 0 bridgehead atoms. The van der Waals surface area contributed by atoms with Gasteiger partial charge in [0.25, 0.3) is 0 Å². The number of hydrogen-bond donors (Lipinski definition) is 2. The fourth-order valence-electron chi connectivity index (χ4n) is 1.64. The summed E-state index contributed by atoms with van der Waals surface area (Å²) < 4.78 is 10.00. The number of aliphatic hydroxyl groups excluding tert-OH is 1. The van der Waals surface area contributed by atoms with Crippen molar-refractivity contribution in [1.29, 1.82) is 0 Å². The predicted molar refractivity (Wildman–Crippen MR) is 59.2 cm³/mol. The molecule has 100 valence electrons. The molecule has 0 aliphatic carbocycles. The summed E-state index contributed by atoms with van der Waals surface area (Å²) in [5, 5.41) is 11.8. The lowest BCUT2D eigenvalue weighted by Gasteiger charge is -2.40. The number of amides is 1. The van der Waals surface area contributed by atoms with Gasteiger partial charge in [-0.15, -0.1) is 6.58 Å². The van der Waals surface area contributed by atoms with E-state index in [-0.39, 0.29) is 12.9 Å². The molecule has 1 rings (SSSR count). The van der Waals surface area contributed by atoms with Crippen LogP contribution in [-0.4, -0.2) is 48.3 Å². The van der Waals surface area contributed by atoms with E-state index in [0.717, 1.165) is 0 Å². The van der Waals surface area contributed by atoms with Crippen molar-refractivity contribution < 1.29 is 29.0 Å². The molecule has 7 heteroatoms. The molecule has 7 nitrogen and oxygen atoms in total. The second kappa shape index (κ2) is 6.27. The highest BCUT2D eigenvalue weighted by atomic mass is 16.6. The normalized spacial score (nSPS) is 25.3. The Kier molecular flexibility index (Phi) is 4.99. The third-order valence-electron chi connectivity index (χ3n) is 2.44. The molecule has 0 aromatic rings. The average Bonchev–Trinajstić information content (AvgIpc) is 2.32. The number of carbonyl (C=O) groups excluding carboxylic acids is 3. The Morgan fingerprint density at radius 1 is 1.67 bits per heavy atom. The molecule has 0 aromatic heterocycles. The zero-order valence-corrected chi connectivity index (χ0v) is 9.87. The van der Waals surface area contributed by atoms with Gasteiger partial charge in [0.05, 0.1) is 6.61 Å². The van der Waals surface area contributed by atoms with Crippen LogP contribution in [0.15, 0.2) is 12.7 Å². The van der Waals surface area contributed by atoms with Crippen LogP contribution < -0.4 is 5.32 Å². The van der Waals surface area contributed by atoms with E-state index in [4.69, 9.17) is 9.47 Å². The Balaban J connectivity index is 2.75. The van der Waals surface area contributed by atoms with Gasteiger partial charge in [0.2, 0.25) is 5.91 Å². The average molecular weight is 257 g/mol. The quantitative estimate of drug-likeness (QED) is 0.256. The highest BCUT2D eigenvalue weighted by molar-refractivity contribution is 5.87. The van der Waals surface area contributed by atoms with Crippen molar-refractivity contribution in [2.75, 3.05) is 6.61 Å². The highest BCUT2D eigenvalue weighted by Gasteiger charge is 2.49. The van der Waals surface area contributed by atoms with Crippen LogP contribution in [0.2, 0.25) is 0 Å². The number of aldehydes is 1. The lowest BCUT2D eigenvalue weighted by atomic mass is 9.89.